The molecule has 0 aliphatic heterocycles. The monoisotopic (exact) mass is 278 g/mol. The average Bonchev–Trinajstić information content (AvgIpc) is 2.41. The number of amides is 1. The highest BCUT2D eigenvalue weighted by Crippen LogP contribution is 2.08. The van der Waals surface area contributed by atoms with Gasteiger partial charge in [-0.3, -0.25) is 9.78 Å². The number of carbonyl (C=O) groups is 1. The summed E-state index contributed by atoms with van der Waals surface area (Å²) < 4.78 is 0. The van der Waals surface area contributed by atoms with E-state index in [1.807, 2.05) is 20.2 Å². The Morgan fingerprint density at radius 2 is 2.15 bits per heavy atom. The molecule has 1 aromatic rings. The maximum atomic E-state index is 12.0. The standard InChI is InChI=1S/C15H26N4O/c1-12(2)11-18-13-6-8-16-14(10-13)15(20)17-7-5-9-19(3)4/h6,8,10,12H,5,7,9,11H2,1-4H3,(H,16,18)(H,17,20). The maximum absolute atomic E-state index is 12.0. The van der Waals surface area contributed by atoms with E-state index in [0.717, 1.165) is 25.2 Å². The van der Waals surface area contributed by atoms with Gasteiger partial charge in [0.2, 0.25) is 0 Å². The predicted octanol–water partition coefficient (Wildman–Crippen LogP) is 1.83. The van der Waals surface area contributed by atoms with E-state index < -0.39 is 0 Å². The van der Waals surface area contributed by atoms with Gasteiger partial charge in [0, 0.05) is 25.0 Å². The molecule has 5 heteroatoms. The number of anilines is 1. The van der Waals surface area contributed by atoms with Crippen molar-refractivity contribution < 1.29 is 4.79 Å². The van der Waals surface area contributed by atoms with Crippen LogP contribution in [-0.2, 0) is 0 Å². The molecule has 0 aromatic carbocycles. The Morgan fingerprint density at radius 1 is 1.40 bits per heavy atom. The van der Waals surface area contributed by atoms with Crippen LogP contribution in [0, 0.1) is 5.92 Å². The highest BCUT2D eigenvalue weighted by atomic mass is 16.1. The Hall–Kier alpha value is -1.62. The fraction of sp³-hybridized carbons (Fsp3) is 0.600. The van der Waals surface area contributed by atoms with Crippen LogP contribution in [-0.4, -0.2) is 49.5 Å². The normalized spacial score (nSPS) is 10.9. The van der Waals surface area contributed by atoms with E-state index in [-0.39, 0.29) is 5.91 Å². The van der Waals surface area contributed by atoms with Crippen LogP contribution in [0.1, 0.15) is 30.8 Å². The molecule has 1 rings (SSSR count). The lowest BCUT2D eigenvalue weighted by Crippen LogP contribution is -2.27. The van der Waals surface area contributed by atoms with Gasteiger partial charge >= 0.3 is 0 Å². The minimum absolute atomic E-state index is 0.114. The molecule has 1 amide bonds. The number of nitrogens with zero attached hydrogens (tertiary/aromatic N) is 2. The fourth-order valence-corrected chi connectivity index (χ4v) is 1.67. The van der Waals surface area contributed by atoms with Gasteiger partial charge in [0.25, 0.3) is 5.91 Å². The van der Waals surface area contributed by atoms with Gasteiger partial charge in [-0.1, -0.05) is 13.8 Å². The second kappa shape index (κ2) is 8.53. The molecule has 20 heavy (non-hydrogen) atoms. The number of pyridine rings is 1. The Bertz CT molecular complexity index is 418. The molecule has 0 bridgehead atoms. The Balaban J connectivity index is 2.45. The molecule has 0 saturated carbocycles. The molecule has 1 aromatic heterocycles. The summed E-state index contributed by atoms with van der Waals surface area (Å²) in [6, 6.07) is 3.68. The SMILES string of the molecule is CC(C)CNc1ccnc(C(=O)NCCCN(C)C)c1. The first-order valence-corrected chi connectivity index (χ1v) is 7.12. The molecule has 0 saturated heterocycles. The molecule has 0 fully saturated rings. The van der Waals surface area contributed by atoms with Gasteiger partial charge in [-0.05, 0) is 45.1 Å². The van der Waals surface area contributed by atoms with Crippen molar-refractivity contribution in [2.45, 2.75) is 20.3 Å². The second-order valence-corrected chi connectivity index (χ2v) is 5.62. The lowest BCUT2D eigenvalue weighted by Gasteiger charge is -2.11. The molecular weight excluding hydrogens is 252 g/mol. The molecule has 1 heterocycles. The van der Waals surface area contributed by atoms with Crippen molar-refractivity contribution in [3.05, 3.63) is 24.0 Å². The molecule has 2 N–H and O–H groups in total. The van der Waals surface area contributed by atoms with Crippen molar-refractivity contribution in [3.8, 4) is 0 Å². The van der Waals surface area contributed by atoms with Crippen molar-refractivity contribution in [2.75, 3.05) is 39.0 Å². The lowest BCUT2D eigenvalue weighted by atomic mass is 10.2. The van der Waals surface area contributed by atoms with Gasteiger partial charge in [-0.15, -0.1) is 0 Å². The van der Waals surface area contributed by atoms with Gasteiger partial charge in [-0.2, -0.15) is 0 Å². The van der Waals surface area contributed by atoms with Crippen molar-refractivity contribution in [3.63, 3.8) is 0 Å². The summed E-state index contributed by atoms with van der Waals surface area (Å²) in [6.45, 7) is 6.80. The molecule has 0 aliphatic rings. The smallest absolute Gasteiger partial charge is 0.269 e. The van der Waals surface area contributed by atoms with Gasteiger partial charge in [-0.25, -0.2) is 0 Å². The van der Waals surface area contributed by atoms with Gasteiger partial charge in [0.15, 0.2) is 0 Å². The van der Waals surface area contributed by atoms with Crippen LogP contribution in [0.15, 0.2) is 18.3 Å². The number of rotatable bonds is 8. The summed E-state index contributed by atoms with van der Waals surface area (Å²) in [5, 5.41) is 6.19. The van der Waals surface area contributed by atoms with E-state index in [1.165, 1.54) is 0 Å². The largest absolute Gasteiger partial charge is 0.385 e. The van der Waals surface area contributed by atoms with E-state index in [1.54, 1.807) is 12.3 Å². The van der Waals surface area contributed by atoms with E-state index in [9.17, 15) is 4.79 Å². The lowest BCUT2D eigenvalue weighted by molar-refractivity contribution is 0.0947. The summed E-state index contributed by atoms with van der Waals surface area (Å²) >= 11 is 0. The van der Waals surface area contributed by atoms with Crippen LogP contribution in [0.3, 0.4) is 0 Å². The minimum atomic E-state index is -0.114. The van der Waals surface area contributed by atoms with Crippen LogP contribution in [0.5, 0.6) is 0 Å². The highest BCUT2D eigenvalue weighted by Gasteiger charge is 2.07. The van der Waals surface area contributed by atoms with E-state index in [2.05, 4.69) is 34.4 Å². The Labute approximate surface area is 121 Å². The second-order valence-electron chi connectivity index (χ2n) is 5.62. The number of aromatic nitrogens is 1. The third-order valence-corrected chi connectivity index (χ3v) is 2.77. The zero-order valence-corrected chi connectivity index (χ0v) is 12.9. The number of carbonyl (C=O) groups excluding carboxylic acids is 1. The quantitative estimate of drug-likeness (QED) is 0.712. The summed E-state index contributed by atoms with van der Waals surface area (Å²) in [4.78, 5) is 18.2. The zero-order chi connectivity index (χ0) is 15.0. The van der Waals surface area contributed by atoms with Crippen LogP contribution in [0.4, 0.5) is 5.69 Å². The molecular formula is C15H26N4O. The van der Waals surface area contributed by atoms with Gasteiger partial charge in [0.1, 0.15) is 5.69 Å². The summed E-state index contributed by atoms with van der Waals surface area (Å²) in [6.07, 6.45) is 2.60. The molecule has 0 radical (unpaired) electrons. The Kier molecular flexibility index (Phi) is 7.01. The number of nitrogens with one attached hydrogen (secondary N) is 2. The average molecular weight is 278 g/mol. The van der Waals surface area contributed by atoms with Gasteiger partial charge in [0.05, 0.1) is 0 Å². The van der Waals surface area contributed by atoms with E-state index in [0.29, 0.717) is 18.2 Å². The first kappa shape index (κ1) is 16.4. The van der Waals surface area contributed by atoms with Crippen LogP contribution in [0.25, 0.3) is 0 Å². The fourth-order valence-electron chi connectivity index (χ4n) is 1.67. The topological polar surface area (TPSA) is 57.3 Å². The van der Waals surface area contributed by atoms with Crippen LogP contribution in [0.2, 0.25) is 0 Å². The molecule has 0 aliphatic carbocycles. The van der Waals surface area contributed by atoms with Crippen LogP contribution >= 0.6 is 0 Å². The molecule has 0 unspecified atom stereocenters. The number of hydrogen-bond donors (Lipinski definition) is 2. The first-order chi connectivity index (χ1) is 9.49. The van der Waals surface area contributed by atoms with Gasteiger partial charge < -0.3 is 15.5 Å². The van der Waals surface area contributed by atoms with E-state index >= 15 is 0 Å². The number of hydrogen-bond acceptors (Lipinski definition) is 4. The summed E-state index contributed by atoms with van der Waals surface area (Å²) in [7, 11) is 4.04. The van der Waals surface area contributed by atoms with Crippen LogP contribution < -0.4 is 10.6 Å². The summed E-state index contributed by atoms with van der Waals surface area (Å²) in [5.41, 5.74) is 1.40. The zero-order valence-electron chi connectivity index (χ0n) is 12.9. The van der Waals surface area contributed by atoms with Crippen molar-refractivity contribution in [1.29, 1.82) is 0 Å². The molecule has 112 valence electrons. The first-order valence-electron chi connectivity index (χ1n) is 7.12. The highest BCUT2D eigenvalue weighted by molar-refractivity contribution is 5.93. The maximum Gasteiger partial charge on any atom is 0.269 e. The van der Waals surface area contributed by atoms with Crippen molar-refractivity contribution >= 4 is 11.6 Å². The summed E-state index contributed by atoms with van der Waals surface area (Å²) in [5.74, 6) is 0.448. The molecule has 5 nitrogen and oxygen atoms in total. The van der Waals surface area contributed by atoms with Crippen molar-refractivity contribution in [1.82, 2.24) is 15.2 Å². The molecule has 0 atom stereocenters. The van der Waals surface area contributed by atoms with Crippen molar-refractivity contribution in [2.24, 2.45) is 5.92 Å². The third-order valence-electron chi connectivity index (χ3n) is 2.77. The third kappa shape index (κ3) is 6.52. The Morgan fingerprint density at radius 3 is 2.80 bits per heavy atom. The molecule has 0 spiro atoms. The van der Waals surface area contributed by atoms with E-state index in [4.69, 9.17) is 0 Å². The minimum Gasteiger partial charge on any atom is -0.385 e. The predicted molar refractivity (Wildman–Crippen MR) is 83.1 cm³/mol.